The van der Waals surface area contributed by atoms with Crippen molar-refractivity contribution in [2.45, 2.75) is 64.1 Å². The maximum Gasteiger partial charge on any atom is 0.410 e. The summed E-state index contributed by atoms with van der Waals surface area (Å²) in [5, 5.41) is 9.11. The monoisotopic (exact) mass is 597 g/mol. The van der Waals surface area contributed by atoms with Crippen LogP contribution in [0.3, 0.4) is 0 Å². The number of fused-ring (bicyclic) bond motifs is 2. The molecule has 1 N–H and O–H groups in total. The van der Waals surface area contributed by atoms with E-state index in [9.17, 15) is 13.2 Å². The molecule has 0 fully saturated rings. The molecule has 42 heavy (non-hydrogen) atoms. The second kappa shape index (κ2) is 11.2. The number of methoxy groups -OCH3 is 2. The molecule has 1 aliphatic heterocycles. The molecule has 4 aromatic rings. The molecule has 0 atom stereocenters. The predicted molar refractivity (Wildman–Crippen MR) is 155 cm³/mol. The molecule has 0 saturated heterocycles. The van der Waals surface area contributed by atoms with Gasteiger partial charge in [0.05, 0.1) is 33.0 Å². The molecule has 224 valence electrons. The van der Waals surface area contributed by atoms with Crippen molar-refractivity contribution < 1.29 is 31.9 Å². The molecule has 0 bridgehead atoms. The van der Waals surface area contributed by atoms with Crippen molar-refractivity contribution in [2.75, 3.05) is 25.5 Å². The maximum absolute atomic E-state index is 13.4. The Morgan fingerprint density at radius 1 is 1.10 bits per heavy atom. The second-order valence-corrected chi connectivity index (χ2v) is 12.7. The van der Waals surface area contributed by atoms with Crippen LogP contribution in [0.25, 0.3) is 11.0 Å². The number of benzene rings is 2. The first kappa shape index (κ1) is 29.2. The number of rotatable bonds is 8. The summed E-state index contributed by atoms with van der Waals surface area (Å²) in [6.07, 6.45) is 2.86. The first-order chi connectivity index (χ1) is 19.9. The molecule has 0 radical (unpaired) electrons. The fraction of sp³-hybridized carbons (Fsp3) is 0.414. The number of sulfonamides is 1. The van der Waals surface area contributed by atoms with Gasteiger partial charge in [-0.2, -0.15) is 5.10 Å². The zero-order valence-electron chi connectivity index (χ0n) is 24.6. The number of hydrogen-bond donors (Lipinski definition) is 1. The third-order valence-corrected chi connectivity index (χ3v) is 8.24. The van der Waals surface area contributed by atoms with Gasteiger partial charge in [-0.15, -0.1) is 0 Å². The molecule has 1 amide bonds. The third kappa shape index (κ3) is 6.01. The predicted octanol–water partition coefficient (Wildman–Crippen LogP) is 4.75. The van der Waals surface area contributed by atoms with Crippen LogP contribution in [-0.2, 0) is 40.7 Å². The van der Waals surface area contributed by atoms with E-state index in [0.717, 1.165) is 22.4 Å². The molecule has 0 spiro atoms. The van der Waals surface area contributed by atoms with Crippen molar-refractivity contribution in [2.24, 2.45) is 0 Å². The van der Waals surface area contributed by atoms with Gasteiger partial charge in [0.1, 0.15) is 27.4 Å². The number of carbonyl (C=O) groups excluding carboxylic acids is 1. The summed E-state index contributed by atoms with van der Waals surface area (Å²) in [7, 11) is -1.15. The molecule has 12 nitrogen and oxygen atoms in total. The fourth-order valence-corrected chi connectivity index (χ4v) is 6.09. The van der Waals surface area contributed by atoms with Gasteiger partial charge in [-0.1, -0.05) is 18.1 Å². The number of aromatic nitrogens is 3. The Morgan fingerprint density at radius 2 is 1.86 bits per heavy atom. The van der Waals surface area contributed by atoms with Gasteiger partial charge in [-0.05, 0) is 62.6 Å². The highest BCUT2D eigenvalue weighted by Crippen LogP contribution is 2.36. The van der Waals surface area contributed by atoms with Crippen molar-refractivity contribution in [1.29, 1.82) is 0 Å². The number of aryl methyl sites for hydroxylation is 1. The zero-order valence-corrected chi connectivity index (χ0v) is 25.4. The molecular formula is C29H35N5O7S. The highest BCUT2D eigenvalue weighted by atomic mass is 32.2. The van der Waals surface area contributed by atoms with Gasteiger partial charge >= 0.3 is 6.09 Å². The van der Waals surface area contributed by atoms with E-state index in [1.54, 1.807) is 33.8 Å². The van der Waals surface area contributed by atoms with Gasteiger partial charge < -0.3 is 23.6 Å². The van der Waals surface area contributed by atoms with Crippen molar-refractivity contribution in [3.05, 3.63) is 58.9 Å². The Hall–Kier alpha value is -4.26. The number of anilines is 1. The summed E-state index contributed by atoms with van der Waals surface area (Å²) < 4.78 is 53.1. The number of nitrogens with zero attached hydrogens (tertiary/aromatic N) is 4. The molecule has 2 aromatic carbocycles. The van der Waals surface area contributed by atoms with Crippen LogP contribution < -0.4 is 14.2 Å². The summed E-state index contributed by atoms with van der Waals surface area (Å²) >= 11 is 0. The first-order valence-corrected chi connectivity index (χ1v) is 15.1. The zero-order chi connectivity index (χ0) is 30.2. The Bertz CT molecular complexity index is 1740. The van der Waals surface area contributed by atoms with Gasteiger partial charge in [0.25, 0.3) is 10.0 Å². The number of hydrogen-bond acceptors (Lipinski definition) is 9. The largest absolute Gasteiger partial charge is 0.496 e. The van der Waals surface area contributed by atoms with Crippen molar-refractivity contribution in [3.8, 4) is 11.5 Å². The smallest absolute Gasteiger partial charge is 0.410 e. The third-order valence-electron chi connectivity index (χ3n) is 6.88. The minimum absolute atomic E-state index is 0.00368. The number of carbonyl (C=O) groups is 1. The van der Waals surface area contributed by atoms with Crippen LogP contribution in [0.5, 0.6) is 11.5 Å². The van der Waals surface area contributed by atoms with Crippen LogP contribution in [0.15, 0.2) is 45.9 Å². The summed E-state index contributed by atoms with van der Waals surface area (Å²) in [5.74, 6) is 0.621. The van der Waals surface area contributed by atoms with Crippen LogP contribution in [0.4, 0.5) is 10.6 Å². The molecule has 2 aromatic heterocycles. The lowest BCUT2D eigenvalue weighted by Gasteiger charge is -2.29. The minimum Gasteiger partial charge on any atom is -0.496 e. The maximum atomic E-state index is 13.4. The summed E-state index contributed by atoms with van der Waals surface area (Å²) in [5.41, 5.74) is 3.34. The number of ether oxygens (including phenoxy) is 3. The average Bonchev–Trinajstić information content (AvgIpc) is 3.53. The van der Waals surface area contributed by atoms with Gasteiger partial charge in [0.2, 0.25) is 0 Å². The number of nitrogens with one attached hydrogen (secondary N) is 1. The van der Waals surface area contributed by atoms with Crippen LogP contribution in [0, 0.1) is 0 Å². The average molecular weight is 598 g/mol. The molecule has 5 rings (SSSR count). The molecular weight excluding hydrogens is 562 g/mol. The summed E-state index contributed by atoms with van der Waals surface area (Å²) in [6.45, 7) is 8.83. The molecule has 3 heterocycles. The van der Waals surface area contributed by atoms with Gasteiger partial charge in [0, 0.05) is 24.7 Å². The second-order valence-electron chi connectivity index (χ2n) is 11.1. The van der Waals surface area contributed by atoms with Crippen LogP contribution in [-0.4, -0.2) is 60.7 Å². The van der Waals surface area contributed by atoms with Gasteiger partial charge in [-0.25, -0.2) is 13.2 Å². The van der Waals surface area contributed by atoms with E-state index >= 15 is 0 Å². The first-order valence-electron chi connectivity index (χ1n) is 13.6. The van der Waals surface area contributed by atoms with E-state index in [4.69, 9.17) is 23.8 Å². The number of amides is 1. The van der Waals surface area contributed by atoms with E-state index < -0.39 is 15.6 Å². The van der Waals surface area contributed by atoms with Crippen LogP contribution >= 0.6 is 0 Å². The fourth-order valence-electron chi connectivity index (χ4n) is 4.87. The van der Waals surface area contributed by atoms with E-state index in [-0.39, 0.29) is 22.6 Å². The van der Waals surface area contributed by atoms with Crippen molar-refractivity contribution >= 4 is 32.9 Å². The van der Waals surface area contributed by atoms with E-state index in [2.05, 4.69) is 9.88 Å². The van der Waals surface area contributed by atoms with E-state index in [0.29, 0.717) is 49.2 Å². The van der Waals surface area contributed by atoms with E-state index in [1.165, 1.54) is 14.2 Å². The molecule has 1 aliphatic rings. The molecule has 0 aliphatic carbocycles. The lowest BCUT2D eigenvalue weighted by atomic mass is 10.1. The lowest BCUT2D eigenvalue weighted by molar-refractivity contribution is 0.0223. The highest BCUT2D eigenvalue weighted by molar-refractivity contribution is 7.92. The SMILES string of the molecule is CCc1ccc(OC)c(S(=O)(=O)Nc2noc3cc(Cn4cc5c(n4)CCN(C(=O)OC(C)(C)C)C5)cc(OC)c23)c1. The Morgan fingerprint density at radius 3 is 2.55 bits per heavy atom. The topological polar surface area (TPSA) is 138 Å². The Kier molecular flexibility index (Phi) is 7.80. The lowest BCUT2D eigenvalue weighted by Crippen LogP contribution is -2.39. The Labute approximate surface area is 244 Å². The molecule has 0 saturated carbocycles. The minimum atomic E-state index is -4.06. The standard InChI is InChI=1S/C29H35N5O7S/c1-7-18-8-9-22(38-5)25(14-18)42(36,37)32-27-26-23(39-6)12-19(13-24(26)41-31-27)15-34-17-20-16-33(11-10-21(20)30-34)28(35)40-29(2,3)4/h8-9,12-14,17H,7,10-11,15-16H2,1-6H3,(H,31,32). The van der Waals surface area contributed by atoms with E-state index in [1.807, 2.05) is 40.0 Å². The molecule has 0 unspecified atom stereocenters. The highest BCUT2D eigenvalue weighted by Gasteiger charge is 2.28. The Balaban J connectivity index is 1.38. The van der Waals surface area contributed by atoms with Crippen molar-refractivity contribution in [1.82, 2.24) is 19.8 Å². The summed E-state index contributed by atoms with van der Waals surface area (Å²) in [6, 6.07) is 8.59. The van der Waals surface area contributed by atoms with Crippen molar-refractivity contribution in [3.63, 3.8) is 0 Å². The van der Waals surface area contributed by atoms with Gasteiger partial charge in [0.15, 0.2) is 11.4 Å². The van der Waals surface area contributed by atoms with Crippen LogP contribution in [0.2, 0.25) is 0 Å². The van der Waals surface area contributed by atoms with Crippen LogP contribution in [0.1, 0.15) is 50.1 Å². The van der Waals surface area contributed by atoms with Gasteiger partial charge in [-0.3, -0.25) is 9.40 Å². The summed E-state index contributed by atoms with van der Waals surface area (Å²) in [4.78, 5) is 14.2. The quantitative estimate of drug-likeness (QED) is 0.305. The molecule has 13 heteroatoms. The normalized spacial score (nSPS) is 13.6.